The van der Waals surface area contributed by atoms with Crippen molar-refractivity contribution in [3.8, 4) is 0 Å². The molecule has 0 atom stereocenters. The molecule has 4 nitrogen and oxygen atoms in total. The fourth-order valence-electron chi connectivity index (χ4n) is 2.29. The van der Waals surface area contributed by atoms with Gasteiger partial charge in [0.15, 0.2) is 0 Å². The van der Waals surface area contributed by atoms with Crippen molar-refractivity contribution < 1.29 is 9.90 Å². The molecule has 1 aromatic carbocycles. The SMILES string of the molecule is O=C(O)CN1CCN(CCc2ccccc2)CC1. The lowest BCUT2D eigenvalue weighted by Crippen LogP contribution is -2.48. The fraction of sp³-hybridized carbons (Fsp3) is 0.500. The Morgan fingerprint density at radius 1 is 1.06 bits per heavy atom. The van der Waals surface area contributed by atoms with Crippen molar-refractivity contribution in [3.63, 3.8) is 0 Å². The van der Waals surface area contributed by atoms with Crippen molar-refractivity contribution in [1.82, 2.24) is 9.80 Å². The lowest BCUT2D eigenvalue weighted by Gasteiger charge is -2.33. The van der Waals surface area contributed by atoms with Crippen LogP contribution in [0.5, 0.6) is 0 Å². The summed E-state index contributed by atoms with van der Waals surface area (Å²) < 4.78 is 0. The number of piperazine rings is 1. The topological polar surface area (TPSA) is 43.8 Å². The van der Waals surface area contributed by atoms with E-state index in [4.69, 9.17) is 5.11 Å². The molecular weight excluding hydrogens is 228 g/mol. The number of carboxylic acid groups (broad SMARTS) is 1. The first-order chi connectivity index (χ1) is 8.74. The first-order valence-corrected chi connectivity index (χ1v) is 6.44. The number of aliphatic carboxylic acids is 1. The van der Waals surface area contributed by atoms with Gasteiger partial charge in [0.2, 0.25) is 0 Å². The summed E-state index contributed by atoms with van der Waals surface area (Å²) in [7, 11) is 0. The summed E-state index contributed by atoms with van der Waals surface area (Å²) in [6.07, 6.45) is 1.07. The predicted octanol–water partition coefficient (Wildman–Crippen LogP) is 0.931. The second-order valence-corrected chi connectivity index (χ2v) is 4.75. The van der Waals surface area contributed by atoms with E-state index in [1.165, 1.54) is 5.56 Å². The third-order valence-corrected chi connectivity index (χ3v) is 3.38. The van der Waals surface area contributed by atoms with E-state index in [1.807, 2.05) is 11.0 Å². The summed E-state index contributed by atoms with van der Waals surface area (Å²) in [5, 5.41) is 8.73. The maximum Gasteiger partial charge on any atom is 0.317 e. The van der Waals surface area contributed by atoms with E-state index in [9.17, 15) is 4.79 Å². The van der Waals surface area contributed by atoms with E-state index in [2.05, 4.69) is 29.2 Å². The molecule has 18 heavy (non-hydrogen) atoms. The minimum atomic E-state index is -0.729. The van der Waals surface area contributed by atoms with E-state index in [1.54, 1.807) is 0 Å². The minimum Gasteiger partial charge on any atom is -0.480 e. The van der Waals surface area contributed by atoms with Crippen LogP contribution in [0.15, 0.2) is 30.3 Å². The van der Waals surface area contributed by atoms with Gasteiger partial charge in [-0.15, -0.1) is 0 Å². The van der Waals surface area contributed by atoms with Crippen LogP contribution in [0.2, 0.25) is 0 Å². The maximum absolute atomic E-state index is 10.6. The van der Waals surface area contributed by atoms with Crippen LogP contribution in [0.4, 0.5) is 0 Å². The highest BCUT2D eigenvalue weighted by Crippen LogP contribution is 2.05. The van der Waals surface area contributed by atoms with E-state index < -0.39 is 5.97 Å². The molecule has 98 valence electrons. The third-order valence-electron chi connectivity index (χ3n) is 3.38. The average Bonchev–Trinajstić information content (AvgIpc) is 2.38. The number of carboxylic acids is 1. The van der Waals surface area contributed by atoms with Crippen molar-refractivity contribution in [1.29, 1.82) is 0 Å². The van der Waals surface area contributed by atoms with Gasteiger partial charge in [-0.3, -0.25) is 9.69 Å². The Morgan fingerprint density at radius 2 is 1.67 bits per heavy atom. The quantitative estimate of drug-likeness (QED) is 0.842. The summed E-state index contributed by atoms with van der Waals surface area (Å²) in [5.41, 5.74) is 1.37. The van der Waals surface area contributed by atoms with E-state index in [-0.39, 0.29) is 6.54 Å². The zero-order chi connectivity index (χ0) is 12.8. The summed E-state index contributed by atoms with van der Waals surface area (Å²) in [5.74, 6) is -0.729. The molecule has 0 aromatic heterocycles. The molecule has 0 amide bonds. The second-order valence-electron chi connectivity index (χ2n) is 4.75. The van der Waals surface area contributed by atoms with Gasteiger partial charge in [-0.1, -0.05) is 30.3 Å². The molecule has 0 aliphatic carbocycles. The third kappa shape index (κ3) is 4.13. The Bertz CT molecular complexity index is 373. The van der Waals surface area contributed by atoms with Gasteiger partial charge in [-0.2, -0.15) is 0 Å². The van der Waals surface area contributed by atoms with Crippen LogP contribution in [0, 0.1) is 0 Å². The van der Waals surface area contributed by atoms with Gasteiger partial charge in [0, 0.05) is 32.7 Å². The first kappa shape index (κ1) is 13.1. The first-order valence-electron chi connectivity index (χ1n) is 6.44. The molecule has 0 saturated carbocycles. The molecule has 1 fully saturated rings. The molecule has 1 aliphatic heterocycles. The molecule has 1 aromatic rings. The van der Waals surface area contributed by atoms with Crippen molar-refractivity contribution in [2.24, 2.45) is 0 Å². The number of benzene rings is 1. The zero-order valence-corrected chi connectivity index (χ0v) is 10.6. The molecule has 0 unspecified atom stereocenters. The Morgan fingerprint density at radius 3 is 2.28 bits per heavy atom. The lowest BCUT2D eigenvalue weighted by molar-refractivity contribution is -0.138. The molecule has 0 radical (unpaired) electrons. The van der Waals surface area contributed by atoms with Crippen molar-refractivity contribution in [3.05, 3.63) is 35.9 Å². The molecule has 2 rings (SSSR count). The monoisotopic (exact) mass is 248 g/mol. The van der Waals surface area contributed by atoms with Gasteiger partial charge in [-0.05, 0) is 12.0 Å². The van der Waals surface area contributed by atoms with Gasteiger partial charge < -0.3 is 10.0 Å². The van der Waals surface area contributed by atoms with Gasteiger partial charge in [-0.25, -0.2) is 0 Å². The number of hydrogen-bond donors (Lipinski definition) is 1. The van der Waals surface area contributed by atoms with Crippen LogP contribution in [-0.2, 0) is 11.2 Å². The van der Waals surface area contributed by atoms with E-state index >= 15 is 0 Å². The number of hydrogen-bond acceptors (Lipinski definition) is 3. The number of rotatable bonds is 5. The summed E-state index contributed by atoms with van der Waals surface area (Å²) in [4.78, 5) is 15.0. The highest BCUT2D eigenvalue weighted by Gasteiger charge is 2.17. The van der Waals surface area contributed by atoms with E-state index in [0.29, 0.717) is 0 Å². The van der Waals surface area contributed by atoms with Crippen LogP contribution in [0.25, 0.3) is 0 Å². The Balaban J connectivity index is 1.69. The normalized spacial score (nSPS) is 17.8. The van der Waals surface area contributed by atoms with Crippen LogP contribution >= 0.6 is 0 Å². The number of carbonyl (C=O) groups is 1. The molecule has 1 heterocycles. The highest BCUT2D eigenvalue weighted by atomic mass is 16.4. The van der Waals surface area contributed by atoms with Crippen LogP contribution < -0.4 is 0 Å². The minimum absolute atomic E-state index is 0.173. The smallest absolute Gasteiger partial charge is 0.317 e. The summed E-state index contributed by atoms with van der Waals surface area (Å²) >= 11 is 0. The van der Waals surface area contributed by atoms with Gasteiger partial charge >= 0.3 is 5.97 Å². The zero-order valence-electron chi connectivity index (χ0n) is 10.6. The summed E-state index contributed by atoms with van der Waals surface area (Å²) in [6, 6.07) is 10.5. The largest absolute Gasteiger partial charge is 0.480 e. The van der Waals surface area contributed by atoms with Crippen molar-refractivity contribution >= 4 is 5.97 Å². The lowest BCUT2D eigenvalue weighted by atomic mass is 10.1. The van der Waals surface area contributed by atoms with Gasteiger partial charge in [0.25, 0.3) is 0 Å². The fourth-order valence-corrected chi connectivity index (χ4v) is 2.29. The molecule has 0 bridgehead atoms. The summed E-state index contributed by atoms with van der Waals surface area (Å²) in [6.45, 7) is 4.90. The molecule has 1 N–H and O–H groups in total. The number of nitrogens with zero attached hydrogens (tertiary/aromatic N) is 2. The Hall–Kier alpha value is -1.39. The standard InChI is InChI=1S/C14H20N2O2/c17-14(18)12-16-10-8-15(9-11-16)7-6-13-4-2-1-3-5-13/h1-5H,6-12H2,(H,17,18). The van der Waals surface area contributed by atoms with Crippen molar-refractivity contribution in [2.75, 3.05) is 39.3 Å². The average molecular weight is 248 g/mol. The Kier molecular flexibility index (Phi) is 4.73. The molecule has 4 heteroatoms. The molecule has 1 saturated heterocycles. The van der Waals surface area contributed by atoms with Crippen LogP contribution in [-0.4, -0.2) is 60.1 Å². The predicted molar refractivity (Wildman–Crippen MR) is 70.7 cm³/mol. The van der Waals surface area contributed by atoms with Gasteiger partial charge in [0.1, 0.15) is 0 Å². The Labute approximate surface area is 108 Å². The van der Waals surface area contributed by atoms with Crippen LogP contribution in [0.3, 0.4) is 0 Å². The van der Waals surface area contributed by atoms with Crippen molar-refractivity contribution in [2.45, 2.75) is 6.42 Å². The van der Waals surface area contributed by atoms with E-state index in [0.717, 1.165) is 39.1 Å². The second kappa shape index (κ2) is 6.52. The highest BCUT2D eigenvalue weighted by molar-refractivity contribution is 5.69. The van der Waals surface area contributed by atoms with Gasteiger partial charge in [0.05, 0.1) is 6.54 Å². The molecular formula is C14H20N2O2. The van der Waals surface area contributed by atoms with Crippen LogP contribution in [0.1, 0.15) is 5.56 Å². The molecule has 1 aliphatic rings. The molecule has 0 spiro atoms. The maximum atomic E-state index is 10.6.